The fourth-order valence-corrected chi connectivity index (χ4v) is 0.500. The van der Waals surface area contributed by atoms with Crippen molar-refractivity contribution in [3.05, 3.63) is 0 Å². The van der Waals surface area contributed by atoms with E-state index in [0.29, 0.717) is 13.1 Å². The van der Waals surface area contributed by atoms with Crippen LogP contribution in [0.1, 0.15) is 20.8 Å². The lowest BCUT2D eigenvalue weighted by molar-refractivity contribution is 0.204. The molecule has 0 amide bonds. The Labute approximate surface area is 62.0 Å². The number of hydrogen-bond donors (Lipinski definition) is 2. The summed E-state index contributed by atoms with van der Waals surface area (Å²) in [6, 6.07) is 0.204. The minimum Gasteiger partial charge on any atom is -0.329 e. The Morgan fingerprint density at radius 2 is 2.10 bits per heavy atom. The first kappa shape index (κ1) is 9.85. The van der Waals surface area contributed by atoms with Crippen molar-refractivity contribution in [2.24, 2.45) is 5.73 Å². The summed E-state index contributed by atoms with van der Waals surface area (Å²) < 4.78 is 12.8. The van der Waals surface area contributed by atoms with E-state index in [4.69, 9.17) is 5.73 Å². The smallest absolute Gasteiger partial charge is 0.117 e. The van der Waals surface area contributed by atoms with E-state index in [1.54, 1.807) is 13.8 Å². The summed E-state index contributed by atoms with van der Waals surface area (Å²) in [7, 11) is 0. The van der Waals surface area contributed by atoms with Crippen LogP contribution in [0.25, 0.3) is 0 Å². The summed E-state index contributed by atoms with van der Waals surface area (Å²) >= 11 is 0. The molecule has 0 unspecified atom stereocenters. The molecule has 3 heteroatoms. The van der Waals surface area contributed by atoms with Gasteiger partial charge in [-0.25, -0.2) is 4.39 Å². The Morgan fingerprint density at radius 3 is 2.40 bits per heavy atom. The summed E-state index contributed by atoms with van der Waals surface area (Å²) in [5.74, 6) is 0. The quantitative estimate of drug-likeness (QED) is 0.615. The summed E-state index contributed by atoms with van der Waals surface area (Å²) in [5.41, 5.74) is 4.18. The van der Waals surface area contributed by atoms with Crippen LogP contribution in [0.15, 0.2) is 0 Å². The van der Waals surface area contributed by atoms with Gasteiger partial charge in [-0.05, 0) is 20.8 Å². The van der Waals surface area contributed by atoms with Gasteiger partial charge < -0.3 is 11.1 Å². The van der Waals surface area contributed by atoms with Crippen LogP contribution in [-0.4, -0.2) is 24.8 Å². The van der Waals surface area contributed by atoms with Gasteiger partial charge in [0.1, 0.15) is 5.67 Å². The molecule has 0 aliphatic carbocycles. The largest absolute Gasteiger partial charge is 0.329 e. The van der Waals surface area contributed by atoms with E-state index in [2.05, 4.69) is 5.32 Å². The highest BCUT2D eigenvalue weighted by Crippen LogP contribution is 2.05. The van der Waals surface area contributed by atoms with E-state index in [1.165, 1.54) is 0 Å². The third-order valence-electron chi connectivity index (χ3n) is 1.22. The van der Waals surface area contributed by atoms with Gasteiger partial charge in [0.2, 0.25) is 0 Å². The zero-order valence-corrected chi connectivity index (χ0v) is 6.95. The van der Waals surface area contributed by atoms with Gasteiger partial charge in [0.05, 0.1) is 0 Å². The van der Waals surface area contributed by atoms with E-state index in [0.717, 1.165) is 0 Å². The minimum absolute atomic E-state index is 0.204. The van der Waals surface area contributed by atoms with Crippen molar-refractivity contribution < 1.29 is 4.39 Å². The van der Waals surface area contributed by atoms with Crippen molar-refractivity contribution >= 4 is 0 Å². The average molecular weight is 148 g/mol. The Kier molecular flexibility index (Phi) is 3.83. The zero-order chi connectivity index (χ0) is 8.20. The van der Waals surface area contributed by atoms with E-state index in [1.807, 2.05) is 6.92 Å². The van der Waals surface area contributed by atoms with Crippen molar-refractivity contribution in [3.63, 3.8) is 0 Å². The number of halogens is 1. The minimum atomic E-state index is -1.14. The van der Waals surface area contributed by atoms with Gasteiger partial charge in [0.25, 0.3) is 0 Å². The maximum absolute atomic E-state index is 12.8. The van der Waals surface area contributed by atoms with Crippen LogP contribution in [0.4, 0.5) is 4.39 Å². The maximum Gasteiger partial charge on any atom is 0.117 e. The fourth-order valence-electron chi connectivity index (χ4n) is 0.500. The summed E-state index contributed by atoms with van der Waals surface area (Å²) in [6.45, 7) is 5.94. The Morgan fingerprint density at radius 1 is 1.60 bits per heavy atom. The Balaban J connectivity index is 3.36. The van der Waals surface area contributed by atoms with E-state index in [9.17, 15) is 4.39 Å². The molecule has 0 saturated carbocycles. The maximum atomic E-state index is 12.8. The lowest BCUT2D eigenvalue weighted by atomic mass is 10.1. The molecule has 1 atom stereocenters. The fraction of sp³-hybridized carbons (Fsp3) is 1.00. The molecule has 0 rings (SSSR count). The van der Waals surface area contributed by atoms with Crippen LogP contribution < -0.4 is 11.1 Å². The van der Waals surface area contributed by atoms with Crippen molar-refractivity contribution in [2.75, 3.05) is 13.1 Å². The molecule has 0 aromatic carbocycles. The second-order valence-corrected chi connectivity index (χ2v) is 3.24. The van der Waals surface area contributed by atoms with Crippen LogP contribution in [0.3, 0.4) is 0 Å². The van der Waals surface area contributed by atoms with Crippen molar-refractivity contribution in [1.29, 1.82) is 0 Å². The highest BCUT2D eigenvalue weighted by Gasteiger charge is 2.15. The number of alkyl halides is 1. The molecule has 0 aliphatic rings. The number of nitrogens with two attached hydrogens (primary N) is 1. The van der Waals surface area contributed by atoms with Gasteiger partial charge >= 0.3 is 0 Å². The van der Waals surface area contributed by atoms with Gasteiger partial charge in [-0.3, -0.25) is 0 Å². The second kappa shape index (κ2) is 3.88. The molecular weight excluding hydrogens is 131 g/mol. The Bertz CT molecular complexity index is 88.1. The van der Waals surface area contributed by atoms with E-state index in [-0.39, 0.29) is 6.04 Å². The molecule has 3 N–H and O–H groups in total. The number of nitrogens with one attached hydrogen (secondary N) is 1. The van der Waals surface area contributed by atoms with Crippen molar-refractivity contribution in [2.45, 2.75) is 32.5 Å². The van der Waals surface area contributed by atoms with E-state index < -0.39 is 5.67 Å². The van der Waals surface area contributed by atoms with Crippen LogP contribution >= 0.6 is 0 Å². The molecular formula is C7H17FN2. The molecule has 0 radical (unpaired) electrons. The molecule has 0 aromatic rings. The molecule has 2 nitrogen and oxygen atoms in total. The van der Waals surface area contributed by atoms with Gasteiger partial charge in [-0.15, -0.1) is 0 Å². The molecule has 0 aliphatic heterocycles. The first-order valence-electron chi connectivity index (χ1n) is 3.58. The highest BCUT2D eigenvalue weighted by atomic mass is 19.1. The normalized spacial score (nSPS) is 15.3. The average Bonchev–Trinajstić information content (AvgIpc) is 1.81. The Hall–Kier alpha value is -0.150. The highest BCUT2D eigenvalue weighted by molar-refractivity contribution is 4.72. The topological polar surface area (TPSA) is 38.0 Å². The van der Waals surface area contributed by atoms with Gasteiger partial charge in [0.15, 0.2) is 0 Å². The molecule has 10 heavy (non-hydrogen) atoms. The molecule has 62 valence electrons. The third-order valence-corrected chi connectivity index (χ3v) is 1.22. The van der Waals surface area contributed by atoms with Crippen molar-refractivity contribution in [3.8, 4) is 0 Å². The van der Waals surface area contributed by atoms with Crippen LogP contribution in [0, 0.1) is 0 Å². The molecule has 0 saturated heterocycles. The SMILES string of the molecule is C[C@@H](CN)NCC(C)(C)F. The predicted molar refractivity (Wildman–Crippen MR) is 41.7 cm³/mol. The van der Waals surface area contributed by atoms with Gasteiger partial charge in [-0.2, -0.15) is 0 Å². The predicted octanol–water partition coefficient (Wildman–Crippen LogP) is 0.671. The van der Waals surface area contributed by atoms with Gasteiger partial charge in [-0.1, -0.05) is 0 Å². The molecule has 0 spiro atoms. The monoisotopic (exact) mass is 148 g/mol. The zero-order valence-electron chi connectivity index (χ0n) is 6.95. The van der Waals surface area contributed by atoms with Crippen LogP contribution in [0.2, 0.25) is 0 Å². The van der Waals surface area contributed by atoms with Crippen LogP contribution in [0.5, 0.6) is 0 Å². The summed E-state index contributed by atoms with van der Waals surface area (Å²) in [5, 5.41) is 2.97. The second-order valence-electron chi connectivity index (χ2n) is 3.24. The third kappa shape index (κ3) is 5.98. The first-order chi connectivity index (χ1) is 4.45. The number of rotatable bonds is 4. The summed E-state index contributed by atoms with van der Waals surface area (Å²) in [6.07, 6.45) is 0. The molecule has 0 heterocycles. The number of hydrogen-bond acceptors (Lipinski definition) is 2. The molecule has 0 fully saturated rings. The summed E-state index contributed by atoms with van der Waals surface area (Å²) in [4.78, 5) is 0. The lowest BCUT2D eigenvalue weighted by Crippen LogP contribution is -2.40. The molecule has 0 bridgehead atoms. The first-order valence-corrected chi connectivity index (χ1v) is 3.58. The molecule has 0 aromatic heterocycles. The lowest BCUT2D eigenvalue weighted by Gasteiger charge is -2.18. The van der Waals surface area contributed by atoms with Gasteiger partial charge in [0, 0.05) is 19.1 Å². The standard InChI is InChI=1S/C7H17FN2/c1-6(4-9)10-5-7(2,3)8/h6,10H,4-5,9H2,1-3H3/t6-/m0/s1. The van der Waals surface area contributed by atoms with Crippen molar-refractivity contribution in [1.82, 2.24) is 5.32 Å². The van der Waals surface area contributed by atoms with E-state index >= 15 is 0 Å². The van der Waals surface area contributed by atoms with Crippen LogP contribution in [-0.2, 0) is 0 Å².